The number of unbranched alkanes of at least 4 members (excludes halogenated alkanes) is 3. The number of benzene rings is 1. The Labute approximate surface area is 168 Å². The molecular formula is C21H23N3O5. The monoisotopic (exact) mass is 397 g/mol. The van der Waals surface area contributed by atoms with Gasteiger partial charge in [0.2, 0.25) is 0 Å². The van der Waals surface area contributed by atoms with E-state index < -0.39 is 17.9 Å². The standard InChI is InChI=1S/C21H23N3O5/c1-2-3-4-7-13-23(21(27)28)18-12-8-9-15(22-18)14-29-24-19(25)16-10-5-6-11-17(16)20(24)26/h5-6,8-12H,2-4,7,13-14H2,1H3,(H,27,28). The molecule has 0 unspecified atom stereocenters. The third-order valence-electron chi connectivity index (χ3n) is 4.63. The van der Waals surface area contributed by atoms with Crippen molar-refractivity contribution in [3.05, 3.63) is 59.3 Å². The van der Waals surface area contributed by atoms with E-state index in [1.54, 1.807) is 42.5 Å². The van der Waals surface area contributed by atoms with Gasteiger partial charge in [0.1, 0.15) is 12.4 Å². The van der Waals surface area contributed by atoms with Crippen LogP contribution in [0.3, 0.4) is 0 Å². The zero-order valence-corrected chi connectivity index (χ0v) is 16.2. The minimum atomic E-state index is -1.08. The number of rotatable bonds is 9. The number of carbonyl (C=O) groups excluding carboxylic acids is 2. The number of hydrogen-bond donors (Lipinski definition) is 1. The van der Waals surface area contributed by atoms with Gasteiger partial charge in [-0.2, -0.15) is 0 Å². The van der Waals surface area contributed by atoms with E-state index in [0.717, 1.165) is 30.7 Å². The van der Waals surface area contributed by atoms with Gasteiger partial charge in [0.25, 0.3) is 11.8 Å². The van der Waals surface area contributed by atoms with E-state index in [2.05, 4.69) is 11.9 Å². The molecule has 0 saturated carbocycles. The SMILES string of the molecule is CCCCCCN(C(=O)O)c1cccc(CON2C(=O)c3ccccc3C2=O)n1. The minimum absolute atomic E-state index is 0.136. The molecule has 0 aliphatic carbocycles. The lowest BCUT2D eigenvalue weighted by atomic mass is 10.1. The number of imide groups is 1. The number of aromatic nitrogens is 1. The van der Waals surface area contributed by atoms with Gasteiger partial charge in [-0.15, -0.1) is 5.06 Å². The molecule has 0 saturated heterocycles. The number of carbonyl (C=O) groups is 3. The summed E-state index contributed by atoms with van der Waals surface area (Å²) in [6, 6.07) is 11.4. The molecule has 0 fully saturated rings. The van der Waals surface area contributed by atoms with Crippen molar-refractivity contribution in [1.29, 1.82) is 0 Å². The molecule has 8 nitrogen and oxygen atoms in total. The Morgan fingerprint density at radius 2 is 1.72 bits per heavy atom. The summed E-state index contributed by atoms with van der Waals surface area (Å²) in [5.41, 5.74) is 1.01. The lowest BCUT2D eigenvalue weighted by Gasteiger charge is -2.19. The van der Waals surface area contributed by atoms with Crippen LogP contribution in [0.25, 0.3) is 0 Å². The van der Waals surface area contributed by atoms with Crippen molar-refractivity contribution >= 4 is 23.7 Å². The second-order valence-electron chi connectivity index (χ2n) is 6.71. The number of anilines is 1. The number of nitrogens with zero attached hydrogens (tertiary/aromatic N) is 3. The molecule has 2 aromatic rings. The van der Waals surface area contributed by atoms with Gasteiger partial charge in [-0.05, 0) is 30.7 Å². The van der Waals surface area contributed by atoms with Gasteiger partial charge in [-0.25, -0.2) is 9.78 Å². The van der Waals surface area contributed by atoms with Crippen LogP contribution in [0.1, 0.15) is 59.0 Å². The number of pyridine rings is 1. The summed E-state index contributed by atoms with van der Waals surface area (Å²) in [6.07, 6.45) is 2.73. The third kappa shape index (κ3) is 4.60. The lowest BCUT2D eigenvalue weighted by Crippen LogP contribution is -2.32. The maximum atomic E-state index is 12.3. The Kier molecular flexibility index (Phi) is 6.56. The summed E-state index contributed by atoms with van der Waals surface area (Å²) in [6.45, 7) is 2.31. The molecule has 1 aliphatic heterocycles. The second-order valence-corrected chi connectivity index (χ2v) is 6.71. The van der Waals surface area contributed by atoms with Gasteiger partial charge < -0.3 is 5.11 Å². The maximum absolute atomic E-state index is 12.3. The summed E-state index contributed by atoms with van der Waals surface area (Å²) < 4.78 is 0. The number of hydrogen-bond acceptors (Lipinski definition) is 5. The fourth-order valence-electron chi connectivity index (χ4n) is 3.12. The third-order valence-corrected chi connectivity index (χ3v) is 4.63. The Balaban J connectivity index is 1.66. The predicted octanol–water partition coefficient (Wildman–Crippen LogP) is 3.87. The van der Waals surface area contributed by atoms with Crippen molar-refractivity contribution in [3.8, 4) is 0 Å². The van der Waals surface area contributed by atoms with Crippen LogP contribution in [0.15, 0.2) is 42.5 Å². The van der Waals surface area contributed by atoms with E-state index in [-0.39, 0.29) is 12.4 Å². The first kappa shape index (κ1) is 20.5. The van der Waals surface area contributed by atoms with Crippen LogP contribution in [0, 0.1) is 0 Å². The summed E-state index contributed by atoms with van der Waals surface area (Å²) in [4.78, 5) is 47.2. The molecule has 0 spiro atoms. The molecule has 3 rings (SSSR count). The number of fused-ring (bicyclic) bond motifs is 1. The van der Waals surface area contributed by atoms with E-state index in [4.69, 9.17) is 4.84 Å². The highest BCUT2D eigenvalue weighted by molar-refractivity contribution is 6.20. The number of hydroxylamine groups is 2. The molecule has 0 bridgehead atoms. The van der Waals surface area contributed by atoms with Crippen molar-refractivity contribution in [1.82, 2.24) is 10.0 Å². The van der Waals surface area contributed by atoms with Crippen molar-refractivity contribution in [2.24, 2.45) is 0 Å². The summed E-state index contributed by atoms with van der Waals surface area (Å²) in [7, 11) is 0. The Hall–Kier alpha value is -3.26. The first-order valence-corrected chi connectivity index (χ1v) is 9.60. The normalized spacial score (nSPS) is 12.9. The fourth-order valence-corrected chi connectivity index (χ4v) is 3.12. The van der Waals surface area contributed by atoms with Crippen molar-refractivity contribution in [3.63, 3.8) is 0 Å². The van der Waals surface area contributed by atoms with E-state index in [1.165, 1.54) is 4.90 Å². The number of amides is 3. The van der Waals surface area contributed by atoms with E-state index in [9.17, 15) is 19.5 Å². The largest absolute Gasteiger partial charge is 0.465 e. The predicted molar refractivity (Wildman–Crippen MR) is 105 cm³/mol. The van der Waals surface area contributed by atoms with Gasteiger partial charge in [-0.1, -0.05) is 44.4 Å². The van der Waals surface area contributed by atoms with Crippen LogP contribution < -0.4 is 4.90 Å². The Morgan fingerprint density at radius 1 is 1.03 bits per heavy atom. The van der Waals surface area contributed by atoms with Crippen LogP contribution in [0.5, 0.6) is 0 Å². The van der Waals surface area contributed by atoms with Crippen molar-refractivity contribution in [2.45, 2.75) is 39.2 Å². The average Bonchev–Trinajstić information content (AvgIpc) is 2.97. The summed E-state index contributed by atoms with van der Waals surface area (Å²) in [5, 5.41) is 10.2. The smallest absolute Gasteiger partial charge is 0.413 e. The minimum Gasteiger partial charge on any atom is -0.465 e. The van der Waals surface area contributed by atoms with Gasteiger partial charge >= 0.3 is 6.09 Å². The molecule has 1 aromatic heterocycles. The van der Waals surface area contributed by atoms with Gasteiger partial charge in [-0.3, -0.25) is 19.3 Å². The summed E-state index contributed by atoms with van der Waals surface area (Å²) in [5.74, 6) is -0.757. The molecule has 1 aliphatic rings. The van der Waals surface area contributed by atoms with Gasteiger partial charge in [0, 0.05) is 6.54 Å². The first-order valence-electron chi connectivity index (χ1n) is 9.60. The van der Waals surface area contributed by atoms with Gasteiger partial charge in [0.05, 0.1) is 16.8 Å². The quantitative estimate of drug-likeness (QED) is 0.509. The molecule has 3 amide bonds. The van der Waals surface area contributed by atoms with Gasteiger partial charge in [0.15, 0.2) is 0 Å². The lowest BCUT2D eigenvalue weighted by molar-refractivity contribution is -0.101. The molecular weight excluding hydrogens is 374 g/mol. The molecule has 152 valence electrons. The zero-order chi connectivity index (χ0) is 20.8. The highest BCUT2D eigenvalue weighted by Gasteiger charge is 2.36. The highest BCUT2D eigenvalue weighted by atomic mass is 16.7. The molecule has 29 heavy (non-hydrogen) atoms. The molecule has 1 aromatic carbocycles. The molecule has 1 N–H and O–H groups in total. The maximum Gasteiger partial charge on any atom is 0.413 e. The van der Waals surface area contributed by atoms with Crippen LogP contribution in [0.4, 0.5) is 10.6 Å². The van der Waals surface area contributed by atoms with Crippen molar-refractivity contribution in [2.75, 3.05) is 11.4 Å². The molecule has 0 atom stereocenters. The second kappa shape index (κ2) is 9.29. The molecule has 0 radical (unpaired) electrons. The van der Waals surface area contributed by atoms with Crippen molar-refractivity contribution < 1.29 is 24.3 Å². The highest BCUT2D eigenvalue weighted by Crippen LogP contribution is 2.23. The summed E-state index contributed by atoms with van der Waals surface area (Å²) >= 11 is 0. The molecule has 8 heteroatoms. The Morgan fingerprint density at radius 3 is 2.34 bits per heavy atom. The average molecular weight is 397 g/mol. The van der Waals surface area contributed by atoms with E-state index >= 15 is 0 Å². The zero-order valence-electron chi connectivity index (χ0n) is 16.2. The Bertz CT molecular complexity index is 880. The first-order chi connectivity index (χ1) is 14.0. The number of carboxylic acid groups (broad SMARTS) is 1. The molecule has 2 heterocycles. The topological polar surface area (TPSA) is 100 Å². The van der Waals surface area contributed by atoms with Crippen LogP contribution in [-0.2, 0) is 11.4 Å². The van der Waals surface area contributed by atoms with E-state index in [0.29, 0.717) is 23.4 Å². The van der Waals surface area contributed by atoms with Crippen LogP contribution >= 0.6 is 0 Å². The van der Waals surface area contributed by atoms with Crippen LogP contribution in [-0.4, -0.2) is 39.6 Å². The fraction of sp³-hybridized carbons (Fsp3) is 0.333. The van der Waals surface area contributed by atoms with E-state index in [1.807, 2.05) is 0 Å². The van der Waals surface area contributed by atoms with Crippen LogP contribution in [0.2, 0.25) is 0 Å².